The molecular formula is C19H14O6. The fourth-order valence-electron chi connectivity index (χ4n) is 3.38. The van der Waals surface area contributed by atoms with Crippen LogP contribution in [-0.4, -0.2) is 23.8 Å². The lowest BCUT2D eigenvalue weighted by atomic mass is 9.91. The zero-order valence-electron chi connectivity index (χ0n) is 13.1. The lowest BCUT2D eigenvalue weighted by molar-refractivity contribution is -0.0419. The highest BCUT2D eigenvalue weighted by Gasteiger charge is 2.25. The van der Waals surface area contributed by atoms with Gasteiger partial charge in [0.1, 0.15) is 11.5 Å². The molecule has 0 atom stereocenters. The Morgan fingerprint density at radius 3 is 2.48 bits per heavy atom. The average Bonchev–Trinajstić information content (AvgIpc) is 3.10. The van der Waals surface area contributed by atoms with E-state index in [-0.39, 0.29) is 13.6 Å². The predicted molar refractivity (Wildman–Crippen MR) is 88.8 cm³/mol. The fourth-order valence-corrected chi connectivity index (χ4v) is 3.38. The zero-order valence-corrected chi connectivity index (χ0v) is 13.1. The van der Waals surface area contributed by atoms with E-state index in [0.29, 0.717) is 34.1 Å². The van der Waals surface area contributed by atoms with Crippen molar-refractivity contribution in [3.8, 4) is 34.1 Å². The van der Waals surface area contributed by atoms with Gasteiger partial charge in [-0.05, 0) is 23.6 Å². The van der Waals surface area contributed by atoms with Crippen LogP contribution in [0.2, 0.25) is 0 Å². The van der Waals surface area contributed by atoms with Gasteiger partial charge < -0.3 is 29.2 Å². The van der Waals surface area contributed by atoms with Gasteiger partial charge in [-0.25, -0.2) is 0 Å². The first-order valence-electron chi connectivity index (χ1n) is 7.84. The van der Waals surface area contributed by atoms with Gasteiger partial charge in [0.15, 0.2) is 17.8 Å². The minimum Gasteiger partial charge on any atom is -0.457 e. The first-order valence-corrected chi connectivity index (χ1v) is 7.84. The molecule has 2 aliphatic rings. The Balaban J connectivity index is 1.90. The molecule has 0 saturated carbocycles. The molecule has 6 heteroatoms. The summed E-state index contributed by atoms with van der Waals surface area (Å²) in [7, 11) is 0. The summed E-state index contributed by atoms with van der Waals surface area (Å²) < 4.78 is 22.1. The van der Waals surface area contributed by atoms with Crippen molar-refractivity contribution in [2.45, 2.75) is 6.29 Å². The first-order chi connectivity index (χ1) is 12.2. The Morgan fingerprint density at radius 1 is 0.800 bits per heavy atom. The Bertz CT molecular complexity index is 995. The van der Waals surface area contributed by atoms with Crippen LogP contribution in [0, 0.1) is 0 Å². The summed E-state index contributed by atoms with van der Waals surface area (Å²) in [6.07, 6.45) is -1.63. The molecule has 126 valence electrons. The van der Waals surface area contributed by atoms with E-state index in [4.69, 9.17) is 18.9 Å². The summed E-state index contributed by atoms with van der Waals surface area (Å²) in [6.45, 7) is 0.254. The maximum atomic E-state index is 9.92. The molecule has 0 aliphatic carbocycles. The monoisotopic (exact) mass is 338 g/mol. The molecule has 0 saturated heterocycles. The minimum absolute atomic E-state index is 0.120. The van der Waals surface area contributed by atoms with Gasteiger partial charge in [0.2, 0.25) is 13.6 Å². The van der Waals surface area contributed by atoms with Gasteiger partial charge in [0, 0.05) is 28.1 Å². The molecule has 5 rings (SSSR count). The number of ether oxygens (including phenoxy) is 4. The maximum absolute atomic E-state index is 9.92. The number of benzene rings is 3. The molecule has 3 aromatic rings. The average molecular weight is 338 g/mol. The van der Waals surface area contributed by atoms with Crippen LogP contribution in [-0.2, 0) is 0 Å². The molecule has 0 amide bonds. The van der Waals surface area contributed by atoms with E-state index in [0.717, 1.165) is 16.3 Å². The Labute approximate surface area is 142 Å². The Hall–Kier alpha value is -2.96. The summed E-state index contributed by atoms with van der Waals surface area (Å²) in [5.41, 5.74) is 1.76. The quantitative estimate of drug-likeness (QED) is 0.700. The summed E-state index contributed by atoms with van der Waals surface area (Å²) in [5, 5.41) is 21.5. The maximum Gasteiger partial charge on any atom is 0.231 e. The molecule has 25 heavy (non-hydrogen) atoms. The topological polar surface area (TPSA) is 77.4 Å². The van der Waals surface area contributed by atoms with Crippen LogP contribution in [0.15, 0.2) is 42.5 Å². The van der Waals surface area contributed by atoms with E-state index in [9.17, 15) is 10.2 Å². The number of fused-ring (bicyclic) bond motifs is 5. The highest BCUT2D eigenvalue weighted by Crippen LogP contribution is 2.48. The van der Waals surface area contributed by atoms with Crippen molar-refractivity contribution in [3.63, 3.8) is 0 Å². The normalized spacial score (nSPS) is 14.5. The molecule has 3 aromatic carbocycles. The van der Waals surface area contributed by atoms with Crippen LogP contribution in [0.4, 0.5) is 0 Å². The summed E-state index contributed by atoms with van der Waals surface area (Å²) in [6, 6.07) is 12.8. The molecule has 2 N–H and O–H groups in total. The first kappa shape index (κ1) is 14.4. The Kier molecular flexibility index (Phi) is 3.03. The molecule has 2 bridgehead atoms. The van der Waals surface area contributed by atoms with E-state index in [1.54, 1.807) is 12.1 Å². The summed E-state index contributed by atoms with van der Waals surface area (Å²) >= 11 is 0. The van der Waals surface area contributed by atoms with Crippen molar-refractivity contribution in [2.24, 2.45) is 0 Å². The number of hydrogen-bond acceptors (Lipinski definition) is 6. The van der Waals surface area contributed by atoms with Crippen molar-refractivity contribution in [1.82, 2.24) is 0 Å². The third-order valence-electron chi connectivity index (χ3n) is 4.49. The number of hydrogen-bond donors (Lipinski definition) is 2. The fraction of sp³-hybridized carbons (Fsp3) is 0.158. The molecule has 2 heterocycles. The van der Waals surface area contributed by atoms with Crippen molar-refractivity contribution < 1.29 is 29.2 Å². The minimum atomic E-state index is -1.63. The zero-order chi connectivity index (χ0) is 17.0. The smallest absolute Gasteiger partial charge is 0.231 e. The molecule has 0 unspecified atom stereocenters. The Morgan fingerprint density at radius 2 is 1.60 bits per heavy atom. The molecule has 0 aromatic heterocycles. The standard InChI is InChI=1S/C19H14O6/c20-19(21)13-4-1-10-2-6-14-18(25-9-23-14)16(10)17(13)12-5-3-11-7-15(12)24-8-22-11/h1-7,19-21H,8-9H2. The lowest BCUT2D eigenvalue weighted by Gasteiger charge is -2.22. The molecule has 0 fully saturated rings. The third-order valence-corrected chi connectivity index (χ3v) is 4.49. The van der Waals surface area contributed by atoms with Crippen molar-refractivity contribution >= 4 is 10.8 Å². The van der Waals surface area contributed by atoms with Crippen molar-refractivity contribution in [3.05, 3.63) is 48.0 Å². The molecule has 6 nitrogen and oxygen atoms in total. The highest BCUT2D eigenvalue weighted by molar-refractivity contribution is 6.05. The van der Waals surface area contributed by atoms with E-state index >= 15 is 0 Å². The van der Waals surface area contributed by atoms with Crippen molar-refractivity contribution in [2.75, 3.05) is 13.6 Å². The van der Waals surface area contributed by atoms with Gasteiger partial charge in [0.05, 0.1) is 0 Å². The van der Waals surface area contributed by atoms with E-state index in [1.165, 1.54) is 0 Å². The van der Waals surface area contributed by atoms with Gasteiger partial charge >= 0.3 is 0 Å². The van der Waals surface area contributed by atoms with Gasteiger partial charge in [-0.3, -0.25) is 0 Å². The van der Waals surface area contributed by atoms with Gasteiger partial charge in [-0.15, -0.1) is 0 Å². The lowest BCUT2D eigenvalue weighted by Crippen LogP contribution is -2.11. The number of rotatable bonds is 2. The second-order valence-corrected chi connectivity index (χ2v) is 5.87. The van der Waals surface area contributed by atoms with E-state index in [1.807, 2.05) is 30.3 Å². The van der Waals surface area contributed by atoms with Crippen LogP contribution >= 0.6 is 0 Å². The third kappa shape index (κ3) is 2.12. The van der Waals surface area contributed by atoms with Gasteiger partial charge in [-0.2, -0.15) is 0 Å². The molecule has 0 radical (unpaired) electrons. The summed E-state index contributed by atoms with van der Waals surface area (Å²) in [5.74, 6) is 2.56. The second kappa shape index (κ2) is 5.27. The van der Waals surface area contributed by atoms with Crippen LogP contribution in [0.3, 0.4) is 0 Å². The van der Waals surface area contributed by atoms with E-state index < -0.39 is 6.29 Å². The van der Waals surface area contributed by atoms with Crippen LogP contribution in [0.1, 0.15) is 11.9 Å². The van der Waals surface area contributed by atoms with Gasteiger partial charge in [-0.1, -0.05) is 18.2 Å². The summed E-state index contributed by atoms with van der Waals surface area (Å²) in [4.78, 5) is 0. The van der Waals surface area contributed by atoms with Crippen molar-refractivity contribution in [1.29, 1.82) is 0 Å². The number of aliphatic hydroxyl groups excluding tert-OH is 1. The van der Waals surface area contributed by atoms with E-state index in [2.05, 4.69) is 0 Å². The SMILES string of the molecule is OC(O)c1ccc2ccc3c(c2c1-c1ccc2cc1OCO2)OCO3. The molecular weight excluding hydrogens is 324 g/mol. The molecule has 0 spiro atoms. The molecule has 2 aliphatic heterocycles. The number of aliphatic hydroxyl groups is 2. The van der Waals surface area contributed by atoms with Crippen LogP contribution in [0.5, 0.6) is 23.0 Å². The highest BCUT2D eigenvalue weighted by atomic mass is 16.7. The second-order valence-electron chi connectivity index (χ2n) is 5.87. The largest absolute Gasteiger partial charge is 0.457 e. The van der Waals surface area contributed by atoms with Crippen LogP contribution in [0.25, 0.3) is 21.9 Å². The predicted octanol–water partition coefficient (Wildman–Crippen LogP) is 2.95. The van der Waals surface area contributed by atoms with Crippen LogP contribution < -0.4 is 18.9 Å². The van der Waals surface area contributed by atoms with Gasteiger partial charge in [0.25, 0.3) is 0 Å².